The molecule has 102 valence electrons. The number of aryl methyl sites for hydroxylation is 1. The Kier molecular flexibility index (Phi) is 5.83. The van der Waals surface area contributed by atoms with Crippen molar-refractivity contribution >= 4 is 0 Å². The van der Waals surface area contributed by atoms with E-state index >= 15 is 0 Å². The van der Waals surface area contributed by atoms with Crippen LogP contribution < -0.4 is 5.32 Å². The van der Waals surface area contributed by atoms with E-state index in [9.17, 15) is 5.11 Å². The summed E-state index contributed by atoms with van der Waals surface area (Å²) in [4.78, 5) is 0. The lowest BCUT2D eigenvalue weighted by atomic mass is 9.91. The molecule has 1 atom stereocenters. The summed E-state index contributed by atoms with van der Waals surface area (Å²) < 4.78 is 0. The van der Waals surface area contributed by atoms with Crippen LogP contribution in [0.2, 0.25) is 0 Å². The van der Waals surface area contributed by atoms with E-state index in [2.05, 4.69) is 38.2 Å². The number of benzene rings is 1. The van der Waals surface area contributed by atoms with Gasteiger partial charge in [-0.3, -0.25) is 0 Å². The second kappa shape index (κ2) is 6.91. The minimum Gasteiger partial charge on any atom is -0.385 e. The molecule has 0 amide bonds. The largest absolute Gasteiger partial charge is 0.385 e. The molecule has 0 bridgehead atoms. The van der Waals surface area contributed by atoms with E-state index in [1.54, 1.807) is 0 Å². The fourth-order valence-corrected chi connectivity index (χ4v) is 1.97. The van der Waals surface area contributed by atoms with Crippen molar-refractivity contribution < 1.29 is 5.11 Å². The summed E-state index contributed by atoms with van der Waals surface area (Å²) in [5, 5.41) is 13.8. The molecule has 0 aliphatic rings. The molecular weight excluding hydrogens is 222 g/mol. The Labute approximate surface area is 111 Å². The van der Waals surface area contributed by atoms with Crippen molar-refractivity contribution in [2.45, 2.75) is 46.1 Å². The SMILES string of the molecule is CCc1ccc(C(C)(O)CCNCC(C)C)cc1. The number of rotatable bonds is 7. The molecule has 18 heavy (non-hydrogen) atoms. The quantitative estimate of drug-likeness (QED) is 0.728. The normalized spacial score (nSPS) is 14.8. The Morgan fingerprint density at radius 2 is 1.83 bits per heavy atom. The van der Waals surface area contributed by atoms with E-state index in [4.69, 9.17) is 0 Å². The van der Waals surface area contributed by atoms with Gasteiger partial charge < -0.3 is 10.4 Å². The summed E-state index contributed by atoms with van der Waals surface area (Å²) in [7, 11) is 0. The molecule has 0 radical (unpaired) electrons. The van der Waals surface area contributed by atoms with E-state index in [1.165, 1.54) is 5.56 Å². The van der Waals surface area contributed by atoms with Crippen LogP contribution in [0.4, 0.5) is 0 Å². The summed E-state index contributed by atoms with van der Waals surface area (Å²) in [5.74, 6) is 0.652. The Morgan fingerprint density at radius 3 is 2.33 bits per heavy atom. The first-order chi connectivity index (χ1) is 8.45. The first-order valence-corrected chi connectivity index (χ1v) is 6.98. The number of nitrogens with one attached hydrogen (secondary N) is 1. The van der Waals surface area contributed by atoms with Gasteiger partial charge in [-0.2, -0.15) is 0 Å². The lowest BCUT2D eigenvalue weighted by Crippen LogP contribution is -2.29. The van der Waals surface area contributed by atoms with E-state index < -0.39 is 5.60 Å². The number of hydrogen-bond donors (Lipinski definition) is 2. The van der Waals surface area contributed by atoms with Gasteiger partial charge in [-0.15, -0.1) is 0 Å². The molecule has 0 heterocycles. The molecule has 0 fully saturated rings. The van der Waals surface area contributed by atoms with Crippen molar-refractivity contribution in [1.82, 2.24) is 5.32 Å². The van der Waals surface area contributed by atoms with Gasteiger partial charge in [0.15, 0.2) is 0 Å². The van der Waals surface area contributed by atoms with Crippen molar-refractivity contribution in [1.29, 1.82) is 0 Å². The summed E-state index contributed by atoms with van der Waals surface area (Å²) >= 11 is 0. The average molecular weight is 249 g/mol. The second-order valence-electron chi connectivity index (χ2n) is 5.67. The minimum absolute atomic E-state index is 0.652. The van der Waals surface area contributed by atoms with Gasteiger partial charge in [0.05, 0.1) is 5.60 Å². The van der Waals surface area contributed by atoms with E-state index in [-0.39, 0.29) is 0 Å². The van der Waals surface area contributed by atoms with Gasteiger partial charge >= 0.3 is 0 Å². The van der Waals surface area contributed by atoms with Crippen LogP contribution in [-0.2, 0) is 12.0 Å². The molecule has 0 aromatic heterocycles. The van der Waals surface area contributed by atoms with Crippen LogP contribution in [0.1, 0.15) is 45.2 Å². The second-order valence-corrected chi connectivity index (χ2v) is 5.67. The fourth-order valence-electron chi connectivity index (χ4n) is 1.97. The predicted molar refractivity (Wildman–Crippen MR) is 77.7 cm³/mol. The Bertz CT molecular complexity index is 341. The zero-order valence-corrected chi connectivity index (χ0v) is 12.2. The molecule has 1 aromatic carbocycles. The van der Waals surface area contributed by atoms with Crippen molar-refractivity contribution in [2.24, 2.45) is 5.92 Å². The van der Waals surface area contributed by atoms with Crippen LogP contribution in [-0.4, -0.2) is 18.2 Å². The molecule has 0 spiro atoms. The van der Waals surface area contributed by atoms with Gasteiger partial charge in [-0.1, -0.05) is 45.0 Å². The van der Waals surface area contributed by atoms with Crippen LogP contribution in [0.3, 0.4) is 0 Å². The highest BCUT2D eigenvalue weighted by molar-refractivity contribution is 5.26. The highest BCUT2D eigenvalue weighted by atomic mass is 16.3. The molecule has 1 aromatic rings. The third-order valence-electron chi connectivity index (χ3n) is 3.33. The molecule has 1 unspecified atom stereocenters. The molecule has 0 aliphatic heterocycles. The first kappa shape index (κ1) is 15.2. The lowest BCUT2D eigenvalue weighted by molar-refractivity contribution is 0.0478. The molecule has 0 aliphatic carbocycles. The van der Waals surface area contributed by atoms with Crippen LogP contribution in [0, 0.1) is 5.92 Å². The summed E-state index contributed by atoms with van der Waals surface area (Å²) in [6.07, 6.45) is 1.78. The van der Waals surface area contributed by atoms with Gasteiger partial charge in [-0.25, -0.2) is 0 Å². The maximum atomic E-state index is 10.5. The summed E-state index contributed by atoms with van der Waals surface area (Å²) in [6.45, 7) is 10.3. The van der Waals surface area contributed by atoms with E-state index in [0.717, 1.165) is 31.5 Å². The van der Waals surface area contributed by atoms with Crippen molar-refractivity contribution in [3.05, 3.63) is 35.4 Å². The molecule has 2 nitrogen and oxygen atoms in total. The third kappa shape index (κ3) is 4.79. The fraction of sp³-hybridized carbons (Fsp3) is 0.625. The van der Waals surface area contributed by atoms with Crippen LogP contribution >= 0.6 is 0 Å². The molecule has 2 N–H and O–H groups in total. The standard InChI is InChI=1S/C16H27NO/c1-5-14-6-8-15(9-7-14)16(4,18)10-11-17-12-13(2)3/h6-9,13,17-18H,5,10-12H2,1-4H3. The lowest BCUT2D eigenvalue weighted by Gasteiger charge is -2.24. The first-order valence-electron chi connectivity index (χ1n) is 6.98. The Hall–Kier alpha value is -0.860. The summed E-state index contributed by atoms with van der Waals surface area (Å²) in [6, 6.07) is 8.29. The zero-order valence-electron chi connectivity index (χ0n) is 12.2. The summed E-state index contributed by atoms with van der Waals surface area (Å²) in [5.41, 5.74) is 1.58. The monoisotopic (exact) mass is 249 g/mol. The maximum absolute atomic E-state index is 10.5. The molecule has 1 rings (SSSR count). The van der Waals surface area contributed by atoms with Crippen LogP contribution in [0.5, 0.6) is 0 Å². The van der Waals surface area contributed by atoms with E-state index in [1.807, 2.05) is 19.1 Å². The highest BCUT2D eigenvalue weighted by Gasteiger charge is 2.22. The Morgan fingerprint density at radius 1 is 1.22 bits per heavy atom. The van der Waals surface area contributed by atoms with Gasteiger partial charge in [0, 0.05) is 0 Å². The smallest absolute Gasteiger partial charge is 0.0880 e. The minimum atomic E-state index is -0.740. The van der Waals surface area contributed by atoms with E-state index in [0.29, 0.717) is 5.92 Å². The van der Waals surface area contributed by atoms with Crippen molar-refractivity contribution in [2.75, 3.05) is 13.1 Å². The Balaban J connectivity index is 2.50. The number of hydrogen-bond acceptors (Lipinski definition) is 2. The molecule has 0 saturated carbocycles. The molecular formula is C16H27NO. The zero-order chi connectivity index (χ0) is 13.6. The molecule has 2 heteroatoms. The topological polar surface area (TPSA) is 32.3 Å². The predicted octanol–water partition coefficient (Wildman–Crippen LogP) is 3.09. The van der Waals surface area contributed by atoms with Gasteiger partial charge in [0.25, 0.3) is 0 Å². The highest BCUT2D eigenvalue weighted by Crippen LogP contribution is 2.24. The average Bonchev–Trinajstić information content (AvgIpc) is 2.34. The van der Waals surface area contributed by atoms with Crippen molar-refractivity contribution in [3.8, 4) is 0 Å². The van der Waals surface area contributed by atoms with Crippen LogP contribution in [0.15, 0.2) is 24.3 Å². The third-order valence-corrected chi connectivity index (χ3v) is 3.33. The number of aliphatic hydroxyl groups is 1. The van der Waals surface area contributed by atoms with Crippen molar-refractivity contribution in [3.63, 3.8) is 0 Å². The van der Waals surface area contributed by atoms with Gasteiger partial charge in [-0.05, 0) is 49.9 Å². The maximum Gasteiger partial charge on any atom is 0.0880 e. The van der Waals surface area contributed by atoms with Crippen LogP contribution in [0.25, 0.3) is 0 Å². The van der Waals surface area contributed by atoms with Gasteiger partial charge in [0.1, 0.15) is 0 Å². The molecule has 0 saturated heterocycles. The van der Waals surface area contributed by atoms with Gasteiger partial charge in [0.2, 0.25) is 0 Å².